The lowest BCUT2D eigenvalue weighted by atomic mass is 10.1. The minimum atomic E-state index is -0.440. The van der Waals surface area contributed by atoms with Gasteiger partial charge in [0, 0.05) is 27.1 Å². The Kier molecular flexibility index (Phi) is 6.64. The van der Waals surface area contributed by atoms with Crippen LogP contribution >= 0.6 is 12.2 Å². The zero-order valence-electron chi connectivity index (χ0n) is 9.95. The summed E-state index contributed by atoms with van der Waals surface area (Å²) in [6.45, 7) is 2.16. The number of nitrogens with zero attached hydrogens (tertiary/aromatic N) is 1. The van der Waals surface area contributed by atoms with Crippen LogP contribution in [0.4, 0.5) is 0 Å². The van der Waals surface area contributed by atoms with Crippen LogP contribution in [0.3, 0.4) is 0 Å². The van der Waals surface area contributed by atoms with Gasteiger partial charge in [-0.05, 0) is 6.42 Å². The molecule has 0 heterocycles. The van der Waals surface area contributed by atoms with E-state index in [1.807, 2.05) is 6.92 Å². The third-order valence-electron chi connectivity index (χ3n) is 2.21. The Bertz CT molecular complexity index is 279. The van der Waals surface area contributed by atoms with Crippen molar-refractivity contribution in [2.75, 3.05) is 20.6 Å². The zero-order chi connectivity index (χ0) is 12.7. The maximum atomic E-state index is 11.6. The number of hydrogen-bond donors (Lipinski definition) is 2. The maximum absolute atomic E-state index is 11.6. The molecular weight excluding hydrogens is 226 g/mol. The van der Waals surface area contributed by atoms with E-state index >= 15 is 0 Å². The molecule has 0 aliphatic heterocycles. The van der Waals surface area contributed by atoms with Gasteiger partial charge in [-0.2, -0.15) is 0 Å². The van der Waals surface area contributed by atoms with Gasteiger partial charge in [-0.15, -0.1) is 0 Å². The van der Waals surface area contributed by atoms with Crippen molar-refractivity contribution < 1.29 is 9.59 Å². The molecule has 1 unspecified atom stereocenters. The molecule has 0 saturated heterocycles. The van der Waals surface area contributed by atoms with E-state index in [2.05, 4.69) is 5.32 Å². The Morgan fingerprint density at radius 1 is 1.44 bits per heavy atom. The number of hydrogen-bond acceptors (Lipinski definition) is 3. The minimum absolute atomic E-state index is 0.0244. The SMILES string of the molecule is CCC(C(=O)NCCC(=O)N(C)C)C(N)=S. The molecule has 5 nitrogen and oxygen atoms in total. The summed E-state index contributed by atoms with van der Waals surface area (Å²) in [6, 6.07) is 0. The summed E-state index contributed by atoms with van der Waals surface area (Å²) in [4.78, 5) is 24.5. The van der Waals surface area contributed by atoms with Gasteiger partial charge in [0.1, 0.15) is 0 Å². The lowest BCUT2D eigenvalue weighted by Crippen LogP contribution is -2.39. The van der Waals surface area contributed by atoms with E-state index < -0.39 is 5.92 Å². The standard InChI is InChI=1S/C10H19N3O2S/c1-4-7(9(11)16)10(15)12-6-5-8(14)13(2)3/h7H,4-6H2,1-3H3,(H2,11,16)(H,12,15). The van der Waals surface area contributed by atoms with Crippen LogP contribution in [0.1, 0.15) is 19.8 Å². The highest BCUT2D eigenvalue weighted by molar-refractivity contribution is 7.80. The van der Waals surface area contributed by atoms with Gasteiger partial charge < -0.3 is 16.0 Å². The first-order valence-electron chi connectivity index (χ1n) is 5.17. The van der Waals surface area contributed by atoms with Crippen molar-refractivity contribution >= 4 is 29.0 Å². The first kappa shape index (κ1) is 14.8. The van der Waals surface area contributed by atoms with Gasteiger partial charge in [-0.1, -0.05) is 19.1 Å². The van der Waals surface area contributed by atoms with Crippen molar-refractivity contribution in [2.45, 2.75) is 19.8 Å². The van der Waals surface area contributed by atoms with Gasteiger partial charge in [0.25, 0.3) is 0 Å². The number of nitrogens with one attached hydrogen (secondary N) is 1. The average molecular weight is 245 g/mol. The van der Waals surface area contributed by atoms with Crippen LogP contribution in [-0.4, -0.2) is 42.3 Å². The number of carbonyl (C=O) groups excluding carboxylic acids is 2. The van der Waals surface area contributed by atoms with Crippen LogP contribution in [0, 0.1) is 5.92 Å². The molecule has 3 N–H and O–H groups in total. The van der Waals surface area contributed by atoms with Crippen LogP contribution in [0.25, 0.3) is 0 Å². The van der Waals surface area contributed by atoms with E-state index in [0.29, 0.717) is 13.0 Å². The summed E-state index contributed by atoms with van der Waals surface area (Å²) in [6.07, 6.45) is 0.856. The van der Waals surface area contributed by atoms with Gasteiger partial charge in [0.15, 0.2) is 0 Å². The van der Waals surface area contributed by atoms with Crippen molar-refractivity contribution in [3.8, 4) is 0 Å². The van der Waals surface area contributed by atoms with Crippen molar-refractivity contribution in [1.82, 2.24) is 10.2 Å². The molecule has 0 bridgehead atoms. The molecule has 2 amide bonds. The zero-order valence-corrected chi connectivity index (χ0v) is 10.8. The maximum Gasteiger partial charge on any atom is 0.229 e. The predicted molar refractivity (Wildman–Crippen MR) is 66.9 cm³/mol. The summed E-state index contributed by atoms with van der Waals surface area (Å²) < 4.78 is 0. The molecule has 0 spiro atoms. The van der Waals surface area contributed by atoms with E-state index in [4.69, 9.17) is 18.0 Å². The van der Waals surface area contributed by atoms with Crippen molar-refractivity contribution in [2.24, 2.45) is 11.7 Å². The lowest BCUT2D eigenvalue weighted by Gasteiger charge is -2.14. The quantitative estimate of drug-likeness (QED) is 0.640. The average Bonchev–Trinajstić information content (AvgIpc) is 2.17. The number of amides is 2. The highest BCUT2D eigenvalue weighted by Gasteiger charge is 2.18. The van der Waals surface area contributed by atoms with Gasteiger partial charge >= 0.3 is 0 Å². The molecular formula is C10H19N3O2S. The molecule has 0 aromatic heterocycles. The first-order valence-corrected chi connectivity index (χ1v) is 5.58. The monoisotopic (exact) mass is 245 g/mol. The fourth-order valence-electron chi connectivity index (χ4n) is 1.16. The van der Waals surface area contributed by atoms with Crippen LogP contribution in [0.2, 0.25) is 0 Å². The van der Waals surface area contributed by atoms with Crippen LogP contribution in [0.15, 0.2) is 0 Å². The summed E-state index contributed by atoms with van der Waals surface area (Å²) in [5, 5.41) is 2.65. The van der Waals surface area contributed by atoms with Crippen molar-refractivity contribution in [3.63, 3.8) is 0 Å². The topological polar surface area (TPSA) is 75.4 Å². The summed E-state index contributed by atoms with van der Waals surface area (Å²) in [5.74, 6) is -0.672. The van der Waals surface area contributed by atoms with E-state index in [1.54, 1.807) is 14.1 Å². The third-order valence-corrected chi connectivity index (χ3v) is 2.49. The molecule has 0 aromatic carbocycles. The molecule has 0 saturated carbocycles. The Balaban J connectivity index is 3.98. The largest absolute Gasteiger partial charge is 0.393 e. The number of nitrogens with two attached hydrogens (primary N) is 1. The van der Waals surface area contributed by atoms with Gasteiger partial charge in [0.05, 0.1) is 10.9 Å². The number of thiocarbonyl (C=S) groups is 1. The van der Waals surface area contributed by atoms with Gasteiger partial charge in [0.2, 0.25) is 11.8 Å². The first-order chi connectivity index (χ1) is 7.40. The second-order valence-corrected chi connectivity index (χ2v) is 4.16. The smallest absolute Gasteiger partial charge is 0.229 e. The summed E-state index contributed by atoms with van der Waals surface area (Å²) in [5.41, 5.74) is 5.42. The van der Waals surface area contributed by atoms with E-state index in [9.17, 15) is 9.59 Å². The van der Waals surface area contributed by atoms with E-state index in [-0.39, 0.29) is 23.2 Å². The van der Waals surface area contributed by atoms with Gasteiger partial charge in [-0.25, -0.2) is 0 Å². The van der Waals surface area contributed by atoms with Crippen LogP contribution in [-0.2, 0) is 9.59 Å². The normalized spacial score (nSPS) is 11.7. The Morgan fingerprint density at radius 2 is 2.00 bits per heavy atom. The molecule has 16 heavy (non-hydrogen) atoms. The van der Waals surface area contributed by atoms with E-state index in [1.165, 1.54) is 4.90 Å². The van der Waals surface area contributed by atoms with Gasteiger partial charge in [-0.3, -0.25) is 9.59 Å². The Labute approximate surface area is 101 Å². The molecule has 1 atom stereocenters. The fraction of sp³-hybridized carbons (Fsp3) is 0.700. The van der Waals surface area contributed by atoms with Crippen LogP contribution < -0.4 is 11.1 Å². The number of carbonyl (C=O) groups is 2. The molecule has 6 heteroatoms. The predicted octanol–water partition coefficient (Wildman–Crippen LogP) is -0.107. The second kappa shape index (κ2) is 7.16. The van der Waals surface area contributed by atoms with Crippen LogP contribution in [0.5, 0.6) is 0 Å². The second-order valence-electron chi connectivity index (χ2n) is 3.69. The molecule has 0 fully saturated rings. The molecule has 0 aliphatic carbocycles. The summed E-state index contributed by atoms with van der Waals surface area (Å²) >= 11 is 4.78. The van der Waals surface area contributed by atoms with Crippen molar-refractivity contribution in [3.05, 3.63) is 0 Å². The third kappa shape index (κ3) is 5.06. The molecule has 92 valence electrons. The molecule has 0 aromatic rings. The fourth-order valence-corrected chi connectivity index (χ4v) is 1.43. The molecule has 0 rings (SSSR count). The van der Waals surface area contributed by atoms with Crippen molar-refractivity contribution in [1.29, 1.82) is 0 Å². The Morgan fingerprint density at radius 3 is 2.38 bits per heavy atom. The lowest BCUT2D eigenvalue weighted by molar-refractivity contribution is -0.128. The minimum Gasteiger partial charge on any atom is -0.393 e. The Hall–Kier alpha value is -1.17. The van der Waals surface area contributed by atoms with E-state index in [0.717, 1.165) is 0 Å². The summed E-state index contributed by atoms with van der Waals surface area (Å²) in [7, 11) is 3.35. The highest BCUT2D eigenvalue weighted by atomic mass is 32.1. The number of rotatable bonds is 6. The molecule has 0 aliphatic rings. The highest BCUT2D eigenvalue weighted by Crippen LogP contribution is 2.02. The molecule has 0 radical (unpaired) electrons.